The van der Waals surface area contributed by atoms with E-state index >= 15 is 0 Å². The molecule has 0 saturated heterocycles. The maximum atomic E-state index is 8.80. The quantitative estimate of drug-likeness (QED) is 0.804. The monoisotopic (exact) mass is 232 g/mol. The minimum atomic E-state index is 0.221. The van der Waals surface area contributed by atoms with Crippen molar-refractivity contribution in [2.75, 3.05) is 6.61 Å². The molecule has 0 unspecified atom stereocenters. The Hall–Kier alpha value is -1.35. The largest absolute Gasteiger partial charge is 0.396 e. The first-order chi connectivity index (χ1) is 8.33. The van der Waals surface area contributed by atoms with Gasteiger partial charge in [0.1, 0.15) is 5.82 Å². The highest BCUT2D eigenvalue weighted by Gasteiger charge is 2.03. The van der Waals surface area contributed by atoms with E-state index in [-0.39, 0.29) is 6.61 Å². The van der Waals surface area contributed by atoms with Crippen LogP contribution in [0.2, 0.25) is 0 Å². The summed E-state index contributed by atoms with van der Waals surface area (Å²) in [7, 11) is 0. The summed E-state index contributed by atoms with van der Waals surface area (Å²) in [6.45, 7) is 2.43. The highest BCUT2D eigenvalue weighted by molar-refractivity contribution is 5.75. The van der Waals surface area contributed by atoms with Gasteiger partial charge in [-0.2, -0.15) is 0 Å². The van der Waals surface area contributed by atoms with Gasteiger partial charge >= 0.3 is 0 Å². The lowest BCUT2D eigenvalue weighted by Gasteiger charge is -1.98. The molecule has 3 heteroatoms. The van der Waals surface area contributed by atoms with E-state index in [9.17, 15) is 0 Å². The Labute approximate surface area is 102 Å². The number of fused-ring (bicyclic) bond motifs is 1. The topological polar surface area (TPSA) is 48.9 Å². The van der Waals surface area contributed by atoms with Gasteiger partial charge in [-0.15, -0.1) is 0 Å². The molecule has 92 valence electrons. The van der Waals surface area contributed by atoms with E-state index in [0.29, 0.717) is 0 Å². The maximum Gasteiger partial charge on any atom is 0.107 e. The van der Waals surface area contributed by atoms with Crippen LogP contribution in [0.1, 0.15) is 37.6 Å². The molecule has 0 aliphatic carbocycles. The Morgan fingerprint density at radius 1 is 1.24 bits per heavy atom. The molecule has 1 aromatic carbocycles. The highest BCUT2D eigenvalue weighted by Crippen LogP contribution is 2.16. The van der Waals surface area contributed by atoms with Gasteiger partial charge in [-0.3, -0.25) is 0 Å². The number of hydrogen-bond donors (Lipinski definition) is 2. The molecule has 0 fully saturated rings. The van der Waals surface area contributed by atoms with Crippen LogP contribution in [-0.4, -0.2) is 21.7 Å². The van der Waals surface area contributed by atoms with Crippen molar-refractivity contribution in [1.82, 2.24) is 9.97 Å². The molecule has 2 N–H and O–H groups in total. The lowest BCUT2D eigenvalue weighted by atomic mass is 10.1. The lowest BCUT2D eigenvalue weighted by molar-refractivity contribution is 0.287. The number of nitrogens with one attached hydrogen (secondary N) is 1. The lowest BCUT2D eigenvalue weighted by Crippen LogP contribution is -1.90. The predicted octanol–water partition coefficient (Wildman–Crippen LogP) is 2.83. The van der Waals surface area contributed by atoms with E-state index in [4.69, 9.17) is 5.11 Å². The second-order valence-electron chi connectivity index (χ2n) is 4.47. The van der Waals surface area contributed by atoms with Crippen LogP contribution in [0, 0.1) is 0 Å². The number of H-pyrrole nitrogens is 1. The van der Waals surface area contributed by atoms with Crippen LogP contribution in [0.25, 0.3) is 11.0 Å². The van der Waals surface area contributed by atoms with Gasteiger partial charge in [0.25, 0.3) is 0 Å². The third-order valence-corrected chi connectivity index (χ3v) is 2.99. The molecule has 0 atom stereocenters. The van der Waals surface area contributed by atoms with E-state index in [1.807, 2.05) is 0 Å². The Morgan fingerprint density at radius 3 is 2.88 bits per heavy atom. The first-order valence-corrected chi connectivity index (χ1v) is 6.42. The van der Waals surface area contributed by atoms with Gasteiger partial charge in [0.2, 0.25) is 0 Å². The summed E-state index contributed by atoms with van der Waals surface area (Å²) < 4.78 is 0. The smallest absolute Gasteiger partial charge is 0.107 e. The third kappa shape index (κ3) is 3.07. The molecule has 0 aliphatic rings. The number of aryl methyl sites for hydroxylation is 2. The average Bonchev–Trinajstić information content (AvgIpc) is 2.75. The van der Waals surface area contributed by atoms with Crippen LogP contribution in [0.4, 0.5) is 0 Å². The zero-order valence-electron chi connectivity index (χ0n) is 10.4. The number of aliphatic hydroxyl groups is 1. The second kappa shape index (κ2) is 5.82. The summed E-state index contributed by atoms with van der Waals surface area (Å²) in [6, 6.07) is 6.44. The van der Waals surface area contributed by atoms with Crippen molar-refractivity contribution in [3.8, 4) is 0 Å². The van der Waals surface area contributed by atoms with Crippen LogP contribution in [0.5, 0.6) is 0 Å². The number of imidazole rings is 1. The summed E-state index contributed by atoms with van der Waals surface area (Å²) in [4.78, 5) is 7.83. The van der Waals surface area contributed by atoms with Gasteiger partial charge in [0, 0.05) is 13.0 Å². The van der Waals surface area contributed by atoms with Crippen LogP contribution in [-0.2, 0) is 12.8 Å². The van der Waals surface area contributed by atoms with E-state index in [2.05, 4.69) is 35.1 Å². The molecule has 17 heavy (non-hydrogen) atoms. The predicted molar refractivity (Wildman–Crippen MR) is 70.1 cm³/mol. The minimum Gasteiger partial charge on any atom is -0.396 e. The van der Waals surface area contributed by atoms with Crippen molar-refractivity contribution in [2.24, 2.45) is 0 Å². The van der Waals surface area contributed by atoms with Gasteiger partial charge in [-0.05, 0) is 37.0 Å². The van der Waals surface area contributed by atoms with Gasteiger partial charge in [0.15, 0.2) is 0 Å². The molecule has 0 amide bonds. The van der Waals surface area contributed by atoms with E-state index in [1.165, 1.54) is 18.4 Å². The van der Waals surface area contributed by atoms with Gasteiger partial charge in [-0.1, -0.05) is 19.4 Å². The zero-order valence-corrected chi connectivity index (χ0v) is 10.4. The third-order valence-electron chi connectivity index (χ3n) is 2.99. The van der Waals surface area contributed by atoms with Crippen molar-refractivity contribution in [2.45, 2.75) is 39.0 Å². The molecule has 2 aromatic rings. The van der Waals surface area contributed by atoms with Crippen LogP contribution in [0.3, 0.4) is 0 Å². The maximum absolute atomic E-state index is 8.80. The minimum absolute atomic E-state index is 0.221. The standard InChI is InChI=1S/C14H20N2O/c1-2-3-5-11-7-8-12-13(10-11)16-14(15-12)6-4-9-17/h7-8,10,17H,2-6,9H2,1H3,(H,15,16). The number of aliphatic hydroxyl groups excluding tert-OH is 1. The number of nitrogens with zero attached hydrogens (tertiary/aromatic N) is 1. The van der Waals surface area contributed by atoms with Crippen molar-refractivity contribution in [3.63, 3.8) is 0 Å². The molecule has 0 saturated carbocycles. The number of hydrogen-bond acceptors (Lipinski definition) is 2. The van der Waals surface area contributed by atoms with Crippen molar-refractivity contribution < 1.29 is 5.11 Å². The molecule has 0 radical (unpaired) electrons. The van der Waals surface area contributed by atoms with E-state index in [0.717, 1.165) is 36.1 Å². The Kier molecular flexibility index (Phi) is 4.15. The second-order valence-corrected chi connectivity index (χ2v) is 4.47. The fraction of sp³-hybridized carbons (Fsp3) is 0.500. The molecular weight excluding hydrogens is 212 g/mol. The number of rotatable bonds is 6. The number of benzene rings is 1. The summed E-state index contributed by atoms with van der Waals surface area (Å²) in [6.07, 6.45) is 5.18. The summed E-state index contributed by atoms with van der Waals surface area (Å²) in [5, 5.41) is 8.80. The highest BCUT2D eigenvalue weighted by atomic mass is 16.2. The fourth-order valence-electron chi connectivity index (χ4n) is 2.01. The normalized spacial score (nSPS) is 11.2. The average molecular weight is 232 g/mol. The van der Waals surface area contributed by atoms with E-state index < -0.39 is 0 Å². The fourth-order valence-corrected chi connectivity index (χ4v) is 2.01. The molecule has 1 aromatic heterocycles. The summed E-state index contributed by atoms with van der Waals surface area (Å²) in [5.74, 6) is 0.974. The van der Waals surface area contributed by atoms with E-state index in [1.54, 1.807) is 0 Å². The van der Waals surface area contributed by atoms with Gasteiger partial charge in [-0.25, -0.2) is 4.98 Å². The Morgan fingerprint density at radius 2 is 2.12 bits per heavy atom. The number of aromatic amines is 1. The van der Waals surface area contributed by atoms with Crippen molar-refractivity contribution in [1.29, 1.82) is 0 Å². The van der Waals surface area contributed by atoms with Crippen LogP contribution < -0.4 is 0 Å². The van der Waals surface area contributed by atoms with Gasteiger partial charge in [0.05, 0.1) is 11.0 Å². The summed E-state index contributed by atoms with van der Waals surface area (Å²) >= 11 is 0. The Balaban J connectivity index is 2.15. The molecule has 1 heterocycles. The first-order valence-electron chi connectivity index (χ1n) is 6.42. The molecule has 0 aliphatic heterocycles. The molecular formula is C14H20N2O. The van der Waals surface area contributed by atoms with Crippen molar-refractivity contribution >= 4 is 11.0 Å². The molecule has 0 bridgehead atoms. The molecule has 2 rings (SSSR count). The number of aromatic nitrogens is 2. The van der Waals surface area contributed by atoms with Gasteiger partial charge < -0.3 is 10.1 Å². The first kappa shape index (κ1) is 12.1. The zero-order chi connectivity index (χ0) is 12.1. The SMILES string of the molecule is CCCCc1ccc2nc(CCCO)[nH]c2c1. The summed E-state index contributed by atoms with van der Waals surface area (Å²) in [5.41, 5.74) is 3.52. The van der Waals surface area contributed by atoms with Crippen LogP contribution >= 0.6 is 0 Å². The number of unbranched alkanes of at least 4 members (excludes halogenated alkanes) is 1. The molecule has 3 nitrogen and oxygen atoms in total. The Bertz CT molecular complexity index is 470. The van der Waals surface area contributed by atoms with Crippen LogP contribution in [0.15, 0.2) is 18.2 Å². The van der Waals surface area contributed by atoms with Crippen molar-refractivity contribution in [3.05, 3.63) is 29.6 Å². The molecule has 0 spiro atoms.